The SMILES string of the molecule is CC(C)(C)OOC(=O)C1(c2ccccc2)CC1. The summed E-state index contributed by atoms with van der Waals surface area (Å²) in [6.45, 7) is 5.55. The highest BCUT2D eigenvalue weighted by Gasteiger charge is 2.53. The molecule has 0 aromatic heterocycles. The maximum absolute atomic E-state index is 12.0. The molecule has 1 aromatic rings. The summed E-state index contributed by atoms with van der Waals surface area (Å²) in [7, 11) is 0. The first-order chi connectivity index (χ1) is 7.94. The zero-order chi connectivity index (χ0) is 12.5. The Bertz CT molecular complexity index is 399. The molecule has 2 rings (SSSR count). The third-order valence-corrected chi connectivity index (χ3v) is 2.83. The van der Waals surface area contributed by atoms with Crippen molar-refractivity contribution in [1.29, 1.82) is 0 Å². The van der Waals surface area contributed by atoms with Crippen LogP contribution in [0.4, 0.5) is 0 Å². The molecule has 1 aliphatic carbocycles. The zero-order valence-corrected chi connectivity index (χ0v) is 10.5. The van der Waals surface area contributed by atoms with Gasteiger partial charge in [-0.1, -0.05) is 30.3 Å². The van der Waals surface area contributed by atoms with E-state index in [1.54, 1.807) is 0 Å². The Balaban J connectivity index is 2.05. The van der Waals surface area contributed by atoms with Crippen LogP contribution in [0.5, 0.6) is 0 Å². The van der Waals surface area contributed by atoms with Gasteiger partial charge >= 0.3 is 5.97 Å². The smallest absolute Gasteiger partial charge is 0.297 e. The van der Waals surface area contributed by atoms with E-state index in [9.17, 15) is 4.79 Å². The molecule has 0 atom stereocenters. The second-order valence-electron chi connectivity index (χ2n) is 5.51. The fraction of sp³-hybridized carbons (Fsp3) is 0.500. The summed E-state index contributed by atoms with van der Waals surface area (Å²) in [4.78, 5) is 22.1. The number of carbonyl (C=O) groups excluding carboxylic acids is 1. The fourth-order valence-corrected chi connectivity index (χ4v) is 1.74. The molecule has 0 radical (unpaired) electrons. The molecule has 1 aliphatic rings. The Labute approximate surface area is 102 Å². The number of rotatable bonds is 3. The average Bonchev–Trinajstić information content (AvgIpc) is 3.07. The third-order valence-electron chi connectivity index (χ3n) is 2.83. The topological polar surface area (TPSA) is 35.5 Å². The summed E-state index contributed by atoms with van der Waals surface area (Å²) in [5.41, 5.74) is 0.0806. The maximum atomic E-state index is 12.0. The molecule has 0 heterocycles. The molecule has 17 heavy (non-hydrogen) atoms. The van der Waals surface area contributed by atoms with Crippen molar-refractivity contribution in [1.82, 2.24) is 0 Å². The number of hydrogen-bond acceptors (Lipinski definition) is 3. The van der Waals surface area contributed by atoms with Crippen molar-refractivity contribution in [2.75, 3.05) is 0 Å². The zero-order valence-electron chi connectivity index (χ0n) is 10.5. The highest BCUT2D eigenvalue weighted by Crippen LogP contribution is 2.49. The van der Waals surface area contributed by atoms with Crippen molar-refractivity contribution in [3.8, 4) is 0 Å². The van der Waals surface area contributed by atoms with E-state index >= 15 is 0 Å². The lowest BCUT2D eigenvalue weighted by atomic mass is 9.96. The summed E-state index contributed by atoms with van der Waals surface area (Å²) < 4.78 is 0. The molecule has 1 saturated carbocycles. The van der Waals surface area contributed by atoms with E-state index in [0.717, 1.165) is 18.4 Å². The van der Waals surface area contributed by atoms with E-state index in [1.165, 1.54) is 0 Å². The van der Waals surface area contributed by atoms with E-state index in [2.05, 4.69) is 0 Å². The van der Waals surface area contributed by atoms with Crippen LogP contribution >= 0.6 is 0 Å². The van der Waals surface area contributed by atoms with Gasteiger partial charge in [0.25, 0.3) is 0 Å². The van der Waals surface area contributed by atoms with Crippen LogP contribution in [-0.2, 0) is 20.0 Å². The minimum Gasteiger partial charge on any atom is -0.297 e. The Kier molecular flexibility index (Phi) is 2.96. The molecule has 0 bridgehead atoms. The fourth-order valence-electron chi connectivity index (χ4n) is 1.74. The van der Waals surface area contributed by atoms with Crippen LogP contribution in [0.2, 0.25) is 0 Å². The van der Waals surface area contributed by atoms with Gasteiger partial charge in [0.1, 0.15) is 5.60 Å². The number of hydrogen-bond donors (Lipinski definition) is 0. The molecule has 1 fully saturated rings. The normalized spacial score (nSPS) is 17.6. The van der Waals surface area contributed by atoms with Gasteiger partial charge in [0, 0.05) is 0 Å². The molecule has 0 amide bonds. The van der Waals surface area contributed by atoms with Gasteiger partial charge in [-0.05, 0) is 39.2 Å². The van der Waals surface area contributed by atoms with Gasteiger partial charge in [-0.3, -0.25) is 4.89 Å². The predicted octanol–water partition coefficient (Wildman–Crippen LogP) is 2.99. The highest BCUT2D eigenvalue weighted by atomic mass is 17.2. The molecule has 0 aliphatic heterocycles. The number of benzene rings is 1. The van der Waals surface area contributed by atoms with E-state index in [-0.39, 0.29) is 5.97 Å². The summed E-state index contributed by atoms with van der Waals surface area (Å²) in [6, 6.07) is 9.74. The quantitative estimate of drug-likeness (QED) is 0.595. The maximum Gasteiger partial charge on any atom is 0.352 e. The highest BCUT2D eigenvalue weighted by molar-refractivity contribution is 5.86. The lowest BCUT2D eigenvalue weighted by Crippen LogP contribution is -2.28. The summed E-state index contributed by atoms with van der Waals surface area (Å²) in [5, 5.41) is 0. The average molecular weight is 234 g/mol. The van der Waals surface area contributed by atoms with E-state index in [1.807, 2.05) is 51.1 Å². The monoisotopic (exact) mass is 234 g/mol. The van der Waals surface area contributed by atoms with Crippen LogP contribution < -0.4 is 0 Å². The molecule has 3 nitrogen and oxygen atoms in total. The molecule has 0 unspecified atom stereocenters. The van der Waals surface area contributed by atoms with Crippen molar-refractivity contribution in [3.63, 3.8) is 0 Å². The van der Waals surface area contributed by atoms with E-state index in [4.69, 9.17) is 9.78 Å². The minimum atomic E-state index is -0.470. The molecular formula is C14H18O3. The molecule has 1 aromatic carbocycles. The van der Waals surface area contributed by atoms with Gasteiger partial charge in [0.2, 0.25) is 0 Å². The van der Waals surface area contributed by atoms with Crippen LogP contribution in [0.3, 0.4) is 0 Å². The molecule has 0 spiro atoms. The summed E-state index contributed by atoms with van der Waals surface area (Å²) in [5.74, 6) is -0.279. The van der Waals surface area contributed by atoms with Crippen LogP contribution in [0, 0.1) is 0 Å². The lowest BCUT2D eigenvalue weighted by molar-refractivity contribution is -0.322. The molecular weight excluding hydrogens is 216 g/mol. The van der Waals surface area contributed by atoms with Gasteiger partial charge in [-0.2, -0.15) is 4.89 Å². The van der Waals surface area contributed by atoms with Crippen LogP contribution in [0.15, 0.2) is 30.3 Å². The Hall–Kier alpha value is -1.35. The van der Waals surface area contributed by atoms with Gasteiger partial charge < -0.3 is 0 Å². The number of carbonyl (C=O) groups is 1. The summed E-state index contributed by atoms with van der Waals surface area (Å²) in [6.07, 6.45) is 1.67. The largest absolute Gasteiger partial charge is 0.352 e. The van der Waals surface area contributed by atoms with Crippen LogP contribution in [0.1, 0.15) is 39.2 Å². The van der Waals surface area contributed by atoms with Crippen molar-refractivity contribution in [2.45, 2.75) is 44.6 Å². The van der Waals surface area contributed by atoms with Crippen molar-refractivity contribution < 1.29 is 14.6 Å². The minimum absolute atomic E-state index is 0.279. The first kappa shape index (κ1) is 12.1. The second-order valence-corrected chi connectivity index (χ2v) is 5.51. The standard InChI is InChI=1S/C14H18O3/c1-13(2,3)17-16-12(15)14(9-10-14)11-7-5-4-6-8-11/h4-8H,9-10H2,1-3H3. The predicted molar refractivity (Wildman–Crippen MR) is 64.3 cm³/mol. The Morgan fingerprint density at radius 2 is 1.76 bits per heavy atom. The van der Waals surface area contributed by atoms with Crippen molar-refractivity contribution in [3.05, 3.63) is 35.9 Å². The van der Waals surface area contributed by atoms with E-state index in [0.29, 0.717) is 0 Å². The molecule has 3 heteroatoms. The van der Waals surface area contributed by atoms with Gasteiger partial charge in [-0.25, -0.2) is 4.79 Å². The van der Waals surface area contributed by atoms with Crippen LogP contribution in [0.25, 0.3) is 0 Å². The van der Waals surface area contributed by atoms with E-state index < -0.39 is 11.0 Å². The Morgan fingerprint density at radius 1 is 1.18 bits per heavy atom. The van der Waals surface area contributed by atoms with Crippen molar-refractivity contribution >= 4 is 5.97 Å². The molecule has 92 valence electrons. The first-order valence-electron chi connectivity index (χ1n) is 5.90. The van der Waals surface area contributed by atoms with Gasteiger partial charge in [0.05, 0.1) is 5.41 Å². The summed E-state index contributed by atoms with van der Waals surface area (Å²) >= 11 is 0. The molecule has 0 saturated heterocycles. The first-order valence-corrected chi connectivity index (χ1v) is 5.90. The Morgan fingerprint density at radius 3 is 2.24 bits per heavy atom. The second kappa shape index (κ2) is 4.15. The van der Waals surface area contributed by atoms with Crippen molar-refractivity contribution in [2.24, 2.45) is 0 Å². The third kappa shape index (κ3) is 2.67. The molecule has 0 N–H and O–H groups in total. The van der Waals surface area contributed by atoms with Gasteiger partial charge in [0.15, 0.2) is 0 Å². The van der Waals surface area contributed by atoms with Crippen LogP contribution in [-0.4, -0.2) is 11.6 Å². The lowest BCUT2D eigenvalue weighted by Gasteiger charge is -2.19. The van der Waals surface area contributed by atoms with Gasteiger partial charge in [-0.15, -0.1) is 0 Å².